The van der Waals surface area contributed by atoms with E-state index in [0.29, 0.717) is 18.1 Å². The molecule has 7 nitrogen and oxygen atoms in total. The summed E-state index contributed by atoms with van der Waals surface area (Å²) in [5.74, 6) is 2.19. The van der Waals surface area contributed by atoms with Gasteiger partial charge in [0.2, 0.25) is 5.91 Å². The highest BCUT2D eigenvalue weighted by Crippen LogP contribution is 2.40. The summed E-state index contributed by atoms with van der Waals surface area (Å²) < 4.78 is 1.71. The molecule has 1 N–H and O–H groups in total. The summed E-state index contributed by atoms with van der Waals surface area (Å²) in [6.07, 6.45) is 2.81. The van der Waals surface area contributed by atoms with Gasteiger partial charge in [0.1, 0.15) is 5.82 Å². The van der Waals surface area contributed by atoms with E-state index >= 15 is 0 Å². The summed E-state index contributed by atoms with van der Waals surface area (Å²) in [5, 5.41) is 16.5. The lowest BCUT2D eigenvalue weighted by molar-refractivity contribution is -0.116. The van der Waals surface area contributed by atoms with Crippen LogP contribution >= 0.6 is 0 Å². The maximum Gasteiger partial charge on any atom is 0.226 e. The first-order valence-electron chi connectivity index (χ1n) is 10.1. The van der Waals surface area contributed by atoms with Crippen LogP contribution in [0.3, 0.4) is 0 Å². The average Bonchev–Trinajstić information content (AvgIpc) is 3.37. The molecular formula is C22H24N6O. The first-order valence-corrected chi connectivity index (χ1v) is 10.1. The van der Waals surface area contributed by atoms with Crippen molar-refractivity contribution in [3.63, 3.8) is 0 Å². The maximum atomic E-state index is 12.5. The number of carbonyl (C=O) groups is 1. The lowest BCUT2D eigenvalue weighted by Gasteiger charge is -2.24. The van der Waals surface area contributed by atoms with Crippen LogP contribution < -0.4 is 10.2 Å². The number of anilines is 2. The number of aromatic nitrogens is 4. The zero-order valence-corrected chi connectivity index (χ0v) is 16.7. The number of fused-ring (bicyclic) bond motifs is 1. The Morgan fingerprint density at radius 2 is 1.66 bits per heavy atom. The first kappa shape index (κ1) is 17.8. The molecule has 148 valence electrons. The smallest absolute Gasteiger partial charge is 0.226 e. The van der Waals surface area contributed by atoms with Gasteiger partial charge >= 0.3 is 0 Å². The maximum absolute atomic E-state index is 12.5. The fraction of sp³-hybridized carbons (Fsp3) is 0.364. The van der Waals surface area contributed by atoms with Crippen molar-refractivity contribution in [1.29, 1.82) is 0 Å². The molecule has 0 spiro atoms. The van der Waals surface area contributed by atoms with E-state index in [0.717, 1.165) is 35.7 Å². The number of hydrogen-bond acceptors (Lipinski definition) is 5. The highest BCUT2D eigenvalue weighted by molar-refractivity contribution is 5.95. The third-order valence-electron chi connectivity index (χ3n) is 5.87. The van der Waals surface area contributed by atoms with Gasteiger partial charge in [0.15, 0.2) is 11.6 Å². The second-order valence-corrected chi connectivity index (χ2v) is 7.92. The molecule has 0 aliphatic carbocycles. The number of aryl methyl sites for hydroxylation is 2. The van der Waals surface area contributed by atoms with E-state index in [2.05, 4.69) is 51.6 Å². The van der Waals surface area contributed by atoms with Gasteiger partial charge in [-0.05, 0) is 44.4 Å². The average molecular weight is 388 g/mol. The lowest BCUT2D eigenvalue weighted by atomic mass is 9.85. The molecule has 1 aromatic carbocycles. The predicted molar refractivity (Wildman–Crippen MR) is 112 cm³/mol. The topological polar surface area (TPSA) is 75.9 Å². The van der Waals surface area contributed by atoms with Crippen molar-refractivity contribution in [3.05, 3.63) is 58.8 Å². The van der Waals surface area contributed by atoms with Gasteiger partial charge in [0, 0.05) is 31.0 Å². The Morgan fingerprint density at radius 1 is 0.966 bits per heavy atom. The molecule has 5 rings (SSSR count). The van der Waals surface area contributed by atoms with Gasteiger partial charge in [0.05, 0.1) is 5.69 Å². The summed E-state index contributed by atoms with van der Waals surface area (Å²) in [5.41, 5.74) is 4.29. The highest BCUT2D eigenvalue weighted by atomic mass is 16.1. The van der Waals surface area contributed by atoms with Crippen LogP contribution in [0.15, 0.2) is 36.4 Å². The molecule has 3 aromatic rings. The van der Waals surface area contributed by atoms with Crippen molar-refractivity contribution in [2.24, 2.45) is 0 Å². The lowest BCUT2D eigenvalue weighted by Crippen LogP contribution is -2.25. The molecule has 2 aromatic heterocycles. The summed E-state index contributed by atoms with van der Waals surface area (Å²) >= 11 is 0. The van der Waals surface area contributed by atoms with E-state index in [1.165, 1.54) is 18.4 Å². The highest BCUT2D eigenvalue weighted by Gasteiger charge is 2.33. The molecule has 0 bridgehead atoms. The fourth-order valence-corrected chi connectivity index (χ4v) is 4.34. The quantitative estimate of drug-likeness (QED) is 0.745. The number of amides is 1. The van der Waals surface area contributed by atoms with Crippen molar-refractivity contribution in [2.45, 2.75) is 39.0 Å². The van der Waals surface area contributed by atoms with Crippen molar-refractivity contribution in [3.8, 4) is 5.82 Å². The third-order valence-corrected chi connectivity index (χ3v) is 5.87. The Hall–Kier alpha value is -3.22. The van der Waals surface area contributed by atoms with E-state index in [1.54, 1.807) is 4.68 Å². The third kappa shape index (κ3) is 3.16. The van der Waals surface area contributed by atoms with Crippen LogP contribution in [0.5, 0.6) is 0 Å². The molecule has 2 aliphatic rings. The van der Waals surface area contributed by atoms with E-state index in [-0.39, 0.29) is 11.8 Å². The van der Waals surface area contributed by atoms with Crippen LogP contribution in [0.2, 0.25) is 0 Å². The zero-order valence-electron chi connectivity index (χ0n) is 16.7. The largest absolute Gasteiger partial charge is 0.355 e. The van der Waals surface area contributed by atoms with Gasteiger partial charge in [-0.15, -0.1) is 10.2 Å². The molecule has 4 heterocycles. The van der Waals surface area contributed by atoms with Crippen LogP contribution in [0, 0.1) is 13.8 Å². The van der Waals surface area contributed by atoms with E-state index in [9.17, 15) is 4.79 Å². The molecule has 1 fully saturated rings. The summed E-state index contributed by atoms with van der Waals surface area (Å²) in [7, 11) is 0. The molecule has 7 heteroatoms. The van der Waals surface area contributed by atoms with Gasteiger partial charge in [-0.1, -0.05) is 29.8 Å². The molecule has 1 amide bonds. The first-order chi connectivity index (χ1) is 14.1. The van der Waals surface area contributed by atoms with Crippen LogP contribution in [0.25, 0.3) is 5.82 Å². The molecule has 0 saturated carbocycles. The minimum absolute atomic E-state index is 0.00845. The molecule has 1 saturated heterocycles. The summed E-state index contributed by atoms with van der Waals surface area (Å²) in [4.78, 5) is 14.7. The summed E-state index contributed by atoms with van der Waals surface area (Å²) in [6, 6.07) is 12.3. The van der Waals surface area contributed by atoms with Gasteiger partial charge in [0.25, 0.3) is 0 Å². The Bertz CT molecular complexity index is 1050. The Labute approximate surface area is 169 Å². The normalized spacial score (nSPS) is 18.6. The number of hydrogen-bond donors (Lipinski definition) is 1. The minimum atomic E-state index is -0.00932. The van der Waals surface area contributed by atoms with Crippen molar-refractivity contribution in [2.75, 3.05) is 23.3 Å². The SMILES string of the molecule is Cc1ccc([C@H]2CC(=O)Nc3c2c(C)nn3-c2ccc(N3CCCC3)nn2)cc1. The number of rotatable bonds is 3. The van der Waals surface area contributed by atoms with E-state index in [1.807, 2.05) is 19.1 Å². The molecule has 29 heavy (non-hydrogen) atoms. The van der Waals surface area contributed by atoms with Crippen molar-refractivity contribution in [1.82, 2.24) is 20.0 Å². The Kier molecular flexibility index (Phi) is 4.30. The Morgan fingerprint density at radius 3 is 2.34 bits per heavy atom. The molecular weight excluding hydrogens is 364 g/mol. The standard InChI is InChI=1S/C22H24N6O/c1-14-5-7-16(8-6-14)17-13-20(29)23-22-21(17)15(2)26-28(22)19-10-9-18(24-25-19)27-11-3-4-12-27/h5-10,17H,3-4,11-13H2,1-2H3,(H,23,29)/t17-/m1/s1. The van der Waals surface area contributed by atoms with Gasteiger partial charge in [-0.2, -0.15) is 9.78 Å². The van der Waals surface area contributed by atoms with Crippen LogP contribution in [0.4, 0.5) is 11.6 Å². The second-order valence-electron chi connectivity index (χ2n) is 7.92. The van der Waals surface area contributed by atoms with Crippen LogP contribution in [-0.2, 0) is 4.79 Å². The monoisotopic (exact) mass is 388 g/mol. The molecule has 0 unspecified atom stereocenters. The zero-order chi connectivity index (χ0) is 20.0. The number of nitrogens with zero attached hydrogens (tertiary/aromatic N) is 5. The number of benzene rings is 1. The van der Waals surface area contributed by atoms with E-state index in [4.69, 9.17) is 5.10 Å². The van der Waals surface area contributed by atoms with Crippen molar-refractivity contribution < 1.29 is 4.79 Å². The molecule has 1 atom stereocenters. The molecule has 0 radical (unpaired) electrons. The number of nitrogens with one attached hydrogen (secondary N) is 1. The minimum Gasteiger partial charge on any atom is -0.355 e. The molecule has 2 aliphatic heterocycles. The van der Waals surface area contributed by atoms with Crippen LogP contribution in [0.1, 0.15) is 47.6 Å². The van der Waals surface area contributed by atoms with E-state index < -0.39 is 0 Å². The second kappa shape index (κ2) is 6.99. The van der Waals surface area contributed by atoms with Gasteiger partial charge in [-0.25, -0.2) is 0 Å². The van der Waals surface area contributed by atoms with Crippen molar-refractivity contribution >= 4 is 17.5 Å². The fourth-order valence-electron chi connectivity index (χ4n) is 4.34. The predicted octanol–water partition coefficient (Wildman–Crippen LogP) is 3.35. The van der Waals surface area contributed by atoms with Gasteiger partial charge in [-0.3, -0.25) is 4.79 Å². The Balaban J connectivity index is 1.54. The number of carbonyl (C=O) groups excluding carboxylic acids is 1. The van der Waals surface area contributed by atoms with Crippen LogP contribution in [-0.4, -0.2) is 39.0 Å². The van der Waals surface area contributed by atoms with Gasteiger partial charge < -0.3 is 10.2 Å². The summed E-state index contributed by atoms with van der Waals surface area (Å²) in [6.45, 7) is 6.10.